The van der Waals surface area contributed by atoms with Gasteiger partial charge in [0.25, 0.3) is 6.43 Å². The number of hydrogen-bond donors (Lipinski definition) is 0. The van der Waals surface area contributed by atoms with Gasteiger partial charge in [0, 0.05) is 5.56 Å². The zero-order valence-electron chi connectivity index (χ0n) is 8.02. The van der Waals surface area contributed by atoms with Crippen LogP contribution >= 0.6 is 15.9 Å². The van der Waals surface area contributed by atoms with Gasteiger partial charge in [-0.05, 0) is 22.0 Å². The van der Waals surface area contributed by atoms with Gasteiger partial charge in [-0.2, -0.15) is 18.4 Å². The number of alkyl halides is 5. The van der Waals surface area contributed by atoms with Gasteiger partial charge in [-0.3, -0.25) is 0 Å². The van der Waals surface area contributed by atoms with Gasteiger partial charge in [-0.1, -0.05) is 0 Å². The highest BCUT2D eigenvalue weighted by Gasteiger charge is 2.39. The lowest BCUT2D eigenvalue weighted by atomic mass is 10.1. The Morgan fingerprint density at radius 2 is 2.00 bits per heavy atom. The maximum Gasteiger partial charge on any atom is 0.419 e. The molecule has 0 radical (unpaired) electrons. The topological polar surface area (TPSA) is 36.7 Å². The third-order valence-corrected chi connectivity index (χ3v) is 2.41. The van der Waals surface area contributed by atoms with Crippen LogP contribution in [0.1, 0.15) is 23.2 Å². The lowest BCUT2D eigenvalue weighted by Crippen LogP contribution is -2.13. The van der Waals surface area contributed by atoms with Crippen LogP contribution in [0.2, 0.25) is 0 Å². The molecule has 1 heterocycles. The van der Waals surface area contributed by atoms with Gasteiger partial charge in [0.05, 0.1) is 23.7 Å². The molecule has 0 aromatic carbocycles. The molecule has 0 fully saturated rings. The van der Waals surface area contributed by atoms with E-state index in [-0.39, 0.29) is 12.1 Å². The minimum atomic E-state index is -4.93. The van der Waals surface area contributed by atoms with Crippen molar-refractivity contribution in [3.05, 3.63) is 27.5 Å². The van der Waals surface area contributed by atoms with E-state index in [2.05, 4.69) is 20.9 Å². The molecule has 0 bridgehead atoms. The Hall–Kier alpha value is -1.23. The minimum absolute atomic E-state index is 0.136. The first-order valence-corrected chi connectivity index (χ1v) is 4.98. The van der Waals surface area contributed by atoms with E-state index in [0.29, 0.717) is 6.07 Å². The largest absolute Gasteiger partial charge is 0.419 e. The zero-order valence-corrected chi connectivity index (χ0v) is 9.61. The van der Waals surface area contributed by atoms with Gasteiger partial charge in [-0.25, -0.2) is 13.8 Å². The molecule has 0 N–H and O–H groups in total. The molecule has 1 aromatic heterocycles. The summed E-state index contributed by atoms with van der Waals surface area (Å²) in [6.07, 6.45) is -8.55. The summed E-state index contributed by atoms with van der Waals surface area (Å²) >= 11 is 2.50. The Labute approximate surface area is 101 Å². The molecule has 17 heavy (non-hydrogen) atoms. The lowest BCUT2D eigenvalue weighted by molar-refractivity contribution is -0.140. The molecular weight excluding hydrogens is 311 g/mol. The summed E-state index contributed by atoms with van der Waals surface area (Å²) in [7, 11) is 0. The van der Waals surface area contributed by atoms with Crippen molar-refractivity contribution in [2.75, 3.05) is 0 Å². The van der Waals surface area contributed by atoms with Crippen molar-refractivity contribution < 1.29 is 22.0 Å². The summed E-state index contributed by atoms with van der Waals surface area (Å²) in [6, 6.07) is 2.22. The fourth-order valence-corrected chi connectivity index (χ4v) is 1.89. The molecule has 0 unspecified atom stereocenters. The van der Waals surface area contributed by atoms with Gasteiger partial charge in [-0.15, -0.1) is 0 Å². The molecule has 2 nitrogen and oxygen atoms in total. The summed E-state index contributed by atoms with van der Waals surface area (Å²) in [4.78, 5) is 3.41. The molecule has 0 amide bonds. The summed E-state index contributed by atoms with van der Waals surface area (Å²) < 4.78 is 61.9. The van der Waals surface area contributed by atoms with Crippen LogP contribution in [0, 0.1) is 11.3 Å². The zero-order chi connectivity index (χ0) is 13.2. The van der Waals surface area contributed by atoms with Gasteiger partial charge >= 0.3 is 6.18 Å². The quantitative estimate of drug-likeness (QED) is 0.614. The lowest BCUT2D eigenvalue weighted by Gasteiger charge is -2.14. The number of nitrogens with zero attached hydrogens (tertiary/aromatic N) is 2. The van der Waals surface area contributed by atoms with E-state index >= 15 is 0 Å². The molecule has 0 saturated heterocycles. The van der Waals surface area contributed by atoms with Crippen LogP contribution in [-0.2, 0) is 12.6 Å². The Balaban J connectivity index is 3.45. The van der Waals surface area contributed by atoms with E-state index in [1.165, 1.54) is 0 Å². The summed E-state index contributed by atoms with van der Waals surface area (Å²) in [5.74, 6) is 0. The molecule has 0 aliphatic rings. The molecule has 92 valence electrons. The first-order chi connectivity index (χ1) is 7.77. The Kier molecular flexibility index (Phi) is 4.03. The monoisotopic (exact) mass is 314 g/mol. The molecule has 1 rings (SSSR count). The van der Waals surface area contributed by atoms with E-state index in [1.807, 2.05) is 0 Å². The molecular formula is C9H4BrF5N2. The van der Waals surface area contributed by atoms with Crippen molar-refractivity contribution >= 4 is 15.9 Å². The van der Waals surface area contributed by atoms with Gasteiger partial charge in [0.15, 0.2) is 0 Å². The van der Waals surface area contributed by atoms with Crippen molar-refractivity contribution in [1.29, 1.82) is 5.26 Å². The Bertz CT molecular complexity index is 464. The smallest absolute Gasteiger partial charge is 0.244 e. The first kappa shape index (κ1) is 13.8. The molecule has 8 heteroatoms. The van der Waals surface area contributed by atoms with Crippen molar-refractivity contribution in [3.63, 3.8) is 0 Å². The number of pyridine rings is 1. The van der Waals surface area contributed by atoms with Crippen LogP contribution in [0.5, 0.6) is 0 Å². The fraction of sp³-hybridized carbons (Fsp3) is 0.333. The maximum atomic E-state index is 12.5. The van der Waals surface area contributed by atoms with Gasteiger partial charge in [0.2, 0.25) is 0 Å². The van der Waals surface area contributed by atoms with Crippen molar-refractivity contribution in [3.8, 4) is 6.07 Å². The number of rotatable bonds is 2. The van der Waals surface area contributed by atoms with Crippen molar-refractivity contribution in [1.82, 2.24) is 4.98 Å². The number of hydrogen-bond acceptors (Lipinski definition) is 2. The maximum absolute atomic E-state index is 12.5. The van der Waals surface area contributed by atoms with Crippen molar-refractivity contribution in [2.45, 2.75) is 19.0 Å². The third-order valence-electron chi connectivity index (χ3n) is 1.84. The van der Waals surface area contributed by atoms with E-state index < -0.39 is 28.3 Å². The molecule has 0 saturated carbocycles. The standard InChI is InChI=1S/C9H4BrF5N2/c10-7-6(9(13,14)15)5(8(11)12)3-4(17-7)1-2-16/h3,8H,1H2. The predicted molar refractivity (Wildman–Crippen MR) is 51.2 cm³/mol. The number of halogens is 6. The fourth-order valence-electron chi connectivity index (χ4n) is 1.21. The molecule has 1 aromatic rings. The SMILES string of the molecule is N#CCc1cc(C(F)F)c(C(F)(F)F)c(Br)n1. The molecule has 0 aliphatic carbocycles. The van der Waals surface area contributed by atoms with E-state index in [0.717, 1.165) is 0 Å². The van der Waals surface area contributed by atoms with Gasteiger partial charge in [0.1, 0.15) is 4.60 Å². The highest BCUT2D eigenvalue weighted by Crippen LogP contribution is 2.40. The predicted octanol–water partition coefficient (Wildman–Crippen LogP) is 3.87. The summed E-state index contributed by atoms with van der Waals surface area (Å²) in [5, 5.41) is 8.35. The van der Waals surface area contributed by atoms with Crippen LogP contribution in [-0.4, -0.2) is 4.98 Å². The minimum Gasteiger partial charge on any atom is -0.244 e. The van der Waals surface area contributed by atoms with E-state index in [4.69, 9.17) is 5.26 Å². The molecule has 0 aliphatic heterocycles. The Morgan fingerprint density at radius 3 is 2.41 bits per heavy atom. The number of aromatic nitrogens is 1. The van der Waals surface area contributed by atoms with E-state index in [9.17, 15) is 22.0 Å². The molecule has 0 atom stereocenters. The van der Waals surface area contributed by atoms with E-state index in [1.54, 1.807) is 6.07 Å². The van der Waals surface area contributed by atoms with Crippen LogP contribution < -0.4 is 0 Å². The van der Waals surface area contributed by atoms with Crippen LogP contribution in [0.25, 0.3) is 0 Å². The molecule has 0 spiro atoms. The normalized spacial score (nSPS) is 11.6. The Morgan fingerprint density at radius 1 is 1.41 bits per heavy atom. The van der Waals surface area contributed by atoms with Crippen LogP contribution in [0.4, 0.5) is 22.0 Å². The average molecular weight is 315 g/mol. The van der Waals surface area contributed by atoms with Crippen LogP contribution in [0.3, 0.4) is 0 Å². The second-order valence-electron chi connectivity index (χ2n) is 3.00. The van der Waals surface area contributed by atoms with Crippen molar-refractivity contribution in [2.24, 2.45) is 0 Å². The van der Waals surface area contributed by atoms with Gasteiger partial charge < -0.3 is 0 Å². The second-order valence-corrected chi connectivity index (χ2v) is 3.75. The van der Waals surface area contributed by atoms with Crippen LogP contribution in [0.15, 0.2) is 10.7 Å². The summed E-state index contributed by atoms with van der Waals surface area (Å²) in [5.41, 5.74) is -2.82. The first-order valence-electron chi connectivity index (χ1n) is 4.19. The highest BCUT2D eigenvalue weighted by molar-refractivity contribution is 9.10. The highest BCUT2D eigenvalue weighted by atomic mass is 79.9. The second kappa shape index (κ2) is 4.96. The average Bonchev–Trinajstić information content (AvgIpc) is 2.14. The summed E-state index contributed by atoms with van der Waals surface area (Å²) in [6.45, 7) is 0. The third kappa shape index (κ3) is 3.12. The number of nitriles is 1.